The Morgan fingerprint density at radius 1 is 1.00 bits per heavy atom. The van der Waals surface area contributed by atoms with E-state index in [0.717, 1.165) is 22.9 Å². The van der Waals surface area contributed by atoms with Gasteiger partial charge in [0.05, 0.1) is 29.5 Å². The molecule has 3 amide bonds. The molecular weight excluding hydrogens is 467 g/mol. The maximum atomic E-state index is 13.5. The van der Waals surface area contributed by atoms with Crippen LogP contribution in [-0.2, 0) is 9.59 Å². The number of halogens is 2. The van der Waals surface area contributed by atoms with E-state index in [1.807, 2.05) is 0 Å². The fourth-order valence-corrected chi connectivity index (χ4v) is 4.91. The molecule has 33 heavy (non-hydrogen) atoms. The molecule has 0 N–H and O–H groups in total. The van der Waals surface area contributed by atoms with Gasteiger partial charge in [-0.1, -0.05) is 36.0 Å². The number of methoxy groups -OCH3 is 1. The predicted molar refractivity (Wildman–Crippen MR) is 122 cm³/mol. The number of Topliss-reactive ketones (excluding diaryl/α,β-unsaturated/α-hetero) is 1. The van der Waals surface area contributed by atoms with Crippen LogP contribution >= 0.6 is 23.2 Å². The van der Waals surface area contributed by atoms with Gasteiger partial charge in [0.1, 0.15) is 12.3 Å². The Morgan fingerprint density at radius 2 is 1.61 bits per heavy atom. The number of hydrazine groups is 1. The second-order valence-corrected chi connectivity index (χ2v) is 8.97. The minimum atomic E-state index is -0.723. The number of carbonyl (C=O) groups excluding carboxylic acids is 4. The maximum Gasteiger partial charge on any atom is 0.274 e. The summed E-state index contributed by atoms with van der Waals surface area (Å²) < 4.78 is 5.11. The van der Waals surface area contributed by atoms with E-state index in [1.54, 1.807) is 24.3 Å². The van der Waals surface area contributed by atoms with Crippen molar-refractivity contribution in [1.82, 2.24) is 10.0 Å². The molecule has 1 aliphatic carbocycles. The number of imide groups is 1. The molecule has 0 aromatic heterocycles. The fraction of sp³-hybridized carbons (Fsp3) is 0.333. The van der Waals surface area contributed by atoms with Crippen molar-refractivity contribution in [2.24, 2.45) is 11.8 Å². The number of fused-ring (bicyclic) bond motifs is 1. The number of ketones is 1. The van der Waals surface area contributed by atoms with Gasteiger partial charge in [-0.3, -0.25) is 19.2 Å². The van der Waals surface area contributed by atoms with Crippen LogP contribution in [0.15, 0.2) is 42.5 Å². The van der Waals surface area contributed by atoms with E-state index >= 15 is 0 Å². The van der Waals surface area contributed by atoms with Gasteiger partial charge >= 0.3 is 0 Å². The summed E-state index contributed by atoms with van der Waals surface area (Å²) >= 11 is 12.2. The van der Waals surface area contributed by atoms with Crippen molar-refractivity contribution in [2.45, 2.75) is 25.7 Å². The Balaban J connectivity index is 1.70. The highest BCUT2D eigenvalue weighted by Gasteiger charge is 2.52. The van der Waals surface area contributed by atoms with Gasteiger partial charge < -0.3 is 4.74 Å². The van der Waals surface area contributed by atoms with Gasteiger partial charge in [0.2, 0.25) is 0 Å². The molecule has 4 rings (SSSR count). The lowest BCUT2D eigenvalue weighted by Crippen LogP contribution is -2.52. The molecule has 1 aliphatic heterocycles. The minimum Gasteiger partial charge on any atom is -0.497 e. The van der Waals surface area contributed by atoms with E-state index in [-0.39, 0.29) is 10.6 Å². The molecule has 1 saturated carbocycles. The lowest BCUT2D eigenvalue weighted by molar-refractivity contribution is -0.154. The molecule has 2 fully saturated rings. The number of benzene rings is 2. The Bertz CT molecular complexity index is 1090. The van der Waals surface area contributed by atoms with Crippen molar-refractivity contribution in [3.63, 3.8) is 0 Å². The fourth-order valence-electron chi connectivity index (χ4n) is 4.42. The Kier molecular flexibility index (Phi) is 6.72. The van der Waals surface area contributed by atoms with Crippen LogP contribution in [0.1, 0.15) is 46.4 Å². The second-order valence-electron chi connectivity index (χ2n) is 8.12. The van der Waals surface area contributed by atoms with Gasteiger partial charge in [-0.05, 0) is 55.3 Å². The zero-order chi connectivity index (χ0) is 23.7. The molecule has 172 valence electrons. The van der Waals surface area contributed by atoms with E-state index in [1.165, 1.54) is 25.3 Å². The molecule has 2 aliphatic rings. The zero-order valence-corrected chi connectivity index (χ0v) is 19.4. The van der Waals surface area contributed by atoms with Crippen LogP contribution in [0.2, 0.25) is 10.0 Å². The third-order valence-electron chi connectivity index (χ3n) is 6.16. The van der Waals surface area contributed by atoms with E-state index in [2.05, 4.69) is 0 Å². The van der Waals surface area contributed by atoms with Crippen molar-refractivity contribution in [3.8, 4) is 5.75 Å². The summed E-state index contributed by atoms with van der Waals surface area (Å²) in [4.78, 5) is 53.0. The molecular formula is C24H22Cl2N2O5. The maximum absolute atomic E-state index is 13.5. The number of amides is 3. The van der Waals surface area contributed by atoms with Gasteiger partial charge in [-0.2, -0.15) is 5.01 Å². The van der Waals surface area contributed by atoms with Crippen LogP contribution in [0.5, 0.6) is 5.75 Å². The summed E-state index contributed by atoms with van der Waals surface area (Å²) in [6.07, 6.45) is 2.86. The highest BCUT2D eigenvalue weighted by molar-refractivity contribution is 6.36. The Hall–Kier alpha value is -2.90. The van der Waals surface area contributed by atoms with Crippen molar-refractivity contribution in [1.29, 1.82) is 0 Å². The third-order valence-corrected chi connectivity index (χ3v) is 6.71. The smallest absolute Gasteiger partial charge is 0.274 e. The largest absolute Gasteiger partial charge is 0.497 e. The third kappa shape index (κ3) is 4.48. The molecule has 2 aromatic carbocycles. The van der Waals surface area contributed by atoms with Crippen molar-refractivity contribution in [3.05, 3.63) is 63.6 Å². The van der Waals surface area contributed by atoms with Crippen LogP contribution < -0.4 is 4.74 Å². The molecule has 0 radical (unpaired) electrons. The molecule has 1 saturated heterocycles. The molecule has 0 unspecified atom stereocenters. The van der Waals surface area contributed by atoms with Crippen LogP contribution in [0.4, 0.5) is 0 Å². The summed E-state index contributed by atoms with van der Waals surface area (Å²) in [5.74, 6) is -2.44. The average Bonchev–Trinajstić information content (AvgIpc) is 3.07. The minimum absolute atomic E-state index is 0.0408. The summed E-state index contributed by atoms with van der Waals surface area (Å²) in [6, 6.07) is 10.7. The van der Waals surface area contributed by atoms with Crippen LogP contribution in [-0.4, -0.2) is 47.2 Å². The number of hydrogen-bond acceptors (Lipinski definition) is 5. The van der Waals surface area contributed by atoms with Gasteiger partial charge in [-0.15, -0.1) is 0 Å². The summed E-state index contributed by atoms with van der Waals surface area (Å²) in [7, 11) is 1.51. The van der Waals surface area contributed by atoms with Gasteiger partial charge in [0.15, 0.2) is 5.78 Å². The second kappa shape index (κ2) is 9.53. The first-order chi connectivity index (χ1) is 15.8. The molecule has 1 heterocycles. The first-order valence-corrected chi connectivity index (χ1v) is 11.4. The van der Waals surface area contributed by atoms with Crippen LogP contribution in [0, 0.1) is 11.8 Å². The highest BCUT2D eigenvalue weighted by atomic mass is 35.5. The van der Waals surface area contributed by atoms with Crippen molar-refractivity contribution < 1.29 is 23.9 Å². The monoisotopic (exact) mass is 488 g/mol. The first-order valence-electron chi connectivity index (χ1n) is 10.6. The number of carbonyl (C=O) groups is 4. The van der Waals surface area contributed by atoms with E-state index in [0.29, 0.717) is 29.2 Å². The van der Waals surface area contributed by atoms with Gasteiger partial charge in [-0.25, -0.2) is 5.01 Å². The quantitative estimate of drug-likeness (QED) is 0.443. The summed E-state index contributed by atoms with van der Waals surface area (Å²) in [5, 5.41) is 2.17. The number of hydrogen-bond donors (Lipinski definition) is 0. The van der Waals surface area contributed by atoms with E-state index < -0.39 is 41.9 Å². The van der Waals surface area contributed by atoms with Crippen molar-refractivity contribution in [2.75, 3.05) is 13.7 Å². The predicted octanol–water partition coefficient (Wildman–Crippen LogP) is 4.42. The first kappa shape index (κ1) is 23.3. The molecule has 0 spiro atoms. The van der Waals surface area contributed by atoms with Crippen LogP contribution in [0.25, 0.3) is 0 Å². The van der Waals surface area contributed by atoms with Crippen LogP contribution in [0.3, 0.4) is 0 Å². The molecule has 2 atom stereocenters. The zero-order valence-electron chi connectivity index (χ0n) is 17.9. The van der Waals surface area contributed by atoms with Gasteiger partial charge in [0, 0.05) is 10.6 Å². The normalized spacial score (nSPS) is 19.9. The summed E-state index contributed by atoms with van der Waals surface area (Å²) in [5.41, 5.74) is 0.353. The SMILES string of the molecule is COc1ccc(C(=O)CN(C(=O)c2ccc(Cl)cc2Cl)N2C(=O)[C@@H]3CCCC[C@H]3C2=O)cc1. The lowest BCUT2D eigenvalue weighted by atomic mass is 9.81. The molecule has 0 bridgehead atoms. The molecule has 7 nitrogen and oxygen atoms in total. The average molecular weight is 489 g/mol. The van der Waals surface area contributed by atoms with E-state index in [9.17, 15) is 19.2 Å². The van der Waals surface area contributed by atoms with Gasteiger partial charge in [0.25, 0.3) is 17.7 Å². The van der Waals surface area contributed by atoms with E-state index in [4.69, 9.17) is 27.9 Å². The van der Waals surface area contributed by atoms with Crippen molar-refractivity contribution >= 4 is 46.7 Å². The standard InChI is InChI=1S/C24H22Cl2N2O5/c1-33-16-9-6-14(7-10-16)21(29)13-27(22(30)19-11-8-15(25)12-20(19)26)28-23(31)17-4-2-3-5-18(17)24(28)32/h6-12,17-18H,2-5,13H2,1H3/t17-,18-/m1/s1. The molecule has 9 heteroatoms. The lowest BCUT2D eigenvalue weighted by Gasteiger charge is -2.30. The molecule has 2 aromatic rings. The highest BCUT2D eigenvalue weighted by Crippen LogP contribution is 2.39. The number of ether oxygens (including phenoxy) is 1. The Labute approximate surface area is 201 Å². The number of rotatable bonds is 6. The Morgan fingerprint density at radius 3 is 2.15 bits per heavy atom. The topological polar surface area (TPSA) is 84.0 Å². The summed E-state index contributed by atoms with van der Waals surface area (Å²) in [6.45, 7) is -0.499. The number of nitrogens with zero attached hydrogens (tertiary/aromatic N) is 2.